The number of rotatable bonds is 4. The maximum atomic E-state index is 12.4. The highest BCUT2D eigenvalue weighted by Gasteiger charge is 2.14. The van der Waals surface area contributed by atoms with Crippen LogP contribution in [0.25, 0.3) is 5.69 Å². The van der Waals surface area contributed by atoms with Gasteiger partial charge >= 0.3 is 0 Å². The summed E-state index contributed by atoms with van der Waals surface area (Å²) >= 11 is 0. The predicted octanol–water partition coefficient (Wildman–Crippen LogP) is 1.53. The standard InChI is InChI=1S/C14H13N5O2/c1-18(9-13-6-3-7-21-13)14(20)11-4-2-5-12(8-11)19-10-15-16-17-19/h2-8,10H,9H2,1H3. The molecular weight excluding hydrogens is 270 g/mol. The zero-order valence-electron chi connectivity index (χ0n) is 11.4. The van der Waals surface area contributed by atoms with E-state index in [1.165, 1.54) is 11.0 Å². The fourth-order valence-corrected chi connectivity index (χ4v) is 1.99. The van der Waals surface area contributed by atoms with Crippen LogP contribution in [0.4, 0.5) is 0 Å². The van der Waals surface area contributed by atoms with E-state index in [9.17, 15) is 4.79 Å². The van der Waals surface area contributed by atoms with Gasteiger partial charge in [0, 0.05) is 12.6 Å². The Balaban J connectivity index is 1.80. The van der Waals surface area contributed by atoms with Crippen molar-refractivity contribution in [2.45, 2.75) is 6.54 Å². The normalized spacial score (nSPS) is 10.5. The van der Waals surface area contributed by atoms with Crippen LogP contribution in [0.15, 0.2) is 53.4 Å². The second-order valence-corrected chi connectivity index (χ2v) is 4.55. The van der Waals surface area contributed by atoms with Crippen LogP contribution in [-0.2, 0) is 6.54 Å². The average molecular weight is 283 g/mol. The van der Waals surface area contributed by atoms with Gasteiger partial charge in [-0.3, -0.25) is 4.79 Å². The van der Waals surface area contributed by atoms with E-state index >= 15 is 0 Å². The molecule has 2 heterocycles. The van der Waals surface area contributed by atoms with Gasteiger partial charge in [0.05, 0.1) is 18.5 Å². The zero-order valence-corrected chi connectivity index (χ0v) is 11.4. The minimum atomic E-state index is -0.0960. The molecule has 0 aliphatic heterocycles. The molecule has 0 radical (unpaired) electrons. The third-order valence-electron chi connectivity index (χ3n) is 3.03. The minimum absolute atomic E-state index is 0.0960. The van der Waals surface area contributed by atoms with Gasteiger partial charge in [-0.2, -0.15) is 0 Å². The molecule has 0 bridgehead atoms. The average Bonchev–Trinajstić information content (AvgIpc) is 3.20. The van der Waals surface area contributed by atoms with Crippen LogP contribution >= 0.6 is 0 Å². The van der Waals surface area contributed by atoms with Crippen LogP contribution in [0.1, 0.15) is 16.1 Å². The lowest BCUT2D eigenvalue weighted by Crippen LogP contribution is -2.26. The van der Waals surface area contributed by atoms with E-state index in [0.717, 1.165) is 11.4 Å². The summed E-state index contributed by atoms with van der Waals surface area (Å²) in [4.78, 5) is 14.0. The summed E-state index contributed by atoms with van der Waals surface area (Å²) < 4.78 is 6.75. The fraction of sp³-hybridized carbons (Fsp3) is 0.143. The number of hydrogen-bond acceptors (Lipinski definition) is 5. The van der Waals surface area contributed by atoms with Crippen LogP contribution in [0, 0.1) is 0 Å². The number of aromatic nitrogens is 4. The Kier molecular flexibility index (Phi) is 3.46. The van der Waals surface area contributed by atoms with Gasteiger partial charge in [0.25, 0.3) is 5.91 Å². The topological polar surface area (TPSA) is 77.0 Å². The molecule has 21 heavy (non-hydrogen) atoms. The Morgan fingerprint density at radius 3 is 2.95 bits per heavy atom. The van der Waals surface area contributed by atoms with Crippen molar-refractivity contribution in [2.24, 2.45) is 0 Å². The van der Waals surface area contributed by atoms with Crippen molar-refractivity contribution in [3.05, 3.63) is 60.3 Å². The monoisotopic (exact) mass is 283 g/mol. The smallest absolute Gasteiger partial charge is 0.254 e. The van der Waals surface area contributed by atoms with Gasteiger partial charge in [-0.1, -0.05) is 6.07 Å². The molecule has 0 unspecified atom stereocenters. The number of amides is 1. The summed E-state index contributed by atoms with van der Waals surface area (Å²) in [7, 11) is 1.73. The van der Waals surface area contributed by atoms with Crippen molar-refractivity contribution in [2.75, 3.05) is 7.05 Å². The highest BCUT2D eigenvalue weighted by Crippen LogP contribution is 2.12. The maximum absolute atomic E-state index is 12.4. The summed E-state index contributed by atoms with van der Waals surface area (Å²) in [5, 5.41) is 11.0. The summed E-state index contributed by atoms with van der Waals surface area (Å²) in [6.07, 6.45) is 3.07. The first-order valence-electron chi connectivity index (χ1n) is 6.35. The number of carbonyl (C=O) groups excluding carboxylic acids is 1. The molecule has 1 amide bonds. The van der Waals surface area contributed by atoms with Gasteiger partial charge in [0.1, 0.15) is 12.1 Å². The van der Waals surface area contributed by atoms with Gasteiger partial charge in [0.15, 0.2) is 0 Å². The molecule has 7 heteroatoms. The lowest BCUT2D eigenvalue weighted by Gasteiger charge is -2.16. The molecule has 0 aliphatic rings. The molecule has 1 aromatic carbocycles. The molecule has 7 nitrogen and oxygen atoms in total. The van der Waals surface area contributed by atoms with E-state index < -0.39 is 0 Å². The van der Waals surface area contributed by atoms with E-state index in [0.29, 0.717) is 12.1 Å². The SMILES string of the molecule is CN(Cc1ccco1)C(=O)c1cccc(-n2cnnn2)c1. The number of carbonyl (C=O) groups is 1. The number of tetrazole rings is 1. The Hall–Kier alpha value is -2.96. The molecule has 0 saturated heterocycles. The molecule has 0 fully saturated rings. The summed E-state index contributed by atoms with van der Waals surface area (Å²) in [6, 6.07) is 10.8. The number of nitrogens with zero attached hydrogens (tertiary/aromatic N) is 5. The number of benzene rings is 1. The summed E-state index contributed by atoms with van der Waals surface area (Å²) in [5.74, 6) is 0.642. The molecule has 106 valence electrons. The second kappa shape index (κ2) is 5.58. The number of furan rings is 1. The van der Waals surface area contributed by atoms with Crippen LogP contribution < -0.4 is 0 Å². The molecule has 2 aromatic heterocycles. The first kappa shape index (κ1) is 13.0. The predicted molar refractivity (Wildman–Crippen MR) is 73.7 cm³/mol. The Bertz CT molecular complexity index is 722. The maximum Gasteiger partial charge on any atom is 0.254 e. The Morgan fingerprint density at radius 1 is 1.33 bits per heavy atom. The van der Waals surface area contributed by atoms with Crippen molar-refractivity contribution in [3.63, 3.8) is 0 Å². The summed E-state index contributed by atoms with van der Waals surface area (Å²) in [5.41, 5.74) is 1.30. The van der Waals surface area contributed by atoms with Crippen molar-refractivity contribution >= 4 is 5.91 Å². The first-order valence-corrected chi connectivity index (χ1v) is 6.35. The van der Waals surface area contributed by atoms with Gasteiger partial charge in [-0.25, -0.2) is 4.68 Å². The van der Waals surface area contributed by atoms with Crippen molar-refractivity contribution < 1.29 is 9.21 Å². The first-order chi connectivity index (χ1) is 10.2. The molecule has 0 aliphatic carbocycles. The van der Waals surface area contributed by atoms with Crippen LogP contribution in [-0.4, -0.2) is 38.1 Å². The largest absolute Gasteiger partial charge is 0.467 e. The number of hydrogen-bond donors (Lipinski definition) is 0. The van der Waals surface area contributed by atoms with E-state index in [1.54, 1.807) is 42.5 Å². The van der Waals surface area contributed by atoms with Gasteiger partial charge in [-0.15, -0.1) is 5.10 Å². The van der Waals surface area contributed by atoms with E-state index in [-0.39, 0.29) is 5.91 Å². The molecule has 0 atom stereocenters. The Morgan fingerprint density at radius 2 is 2.24 bits per heavy atom. The van der Waals surface area contributed by atoms with Gasteiger partial charge in [0.2, 0.25) is 0 Å². The molecule has 3 aromatic rings. The molecule has 0 N–H and O–H groups in total. The van der Waals surface area contributed by atoms with E-state index in [2.05, 4.69) is 15.5 Å². The minimum Gasteiger partial charge on any atom is -0.467 e. The molecule has 0 spiro atoms. The zero-order chi connectivity index (χ0) is 14.7. The van der Waals surface area contributed by atoms with Crippen LogP contribution in [0.2, 0.25) is 0 Å². The van der Waals surface area contributed by atoms with Crippen LogP contribution in [0.3, 0.4) is 0 Å². The van der Waals surface area contributed by atoms with E-state index in [4.69, 9.17) is 4.42 Å². The Labute approximate surface area is 120 Å². The lowest BCUT2D eigenvalue weighted by atomic mass is 10.1. The van der Waals surface area contributed by atoms with Crippen molar-refractivity contribution in [3.8, 4) is 5.69 Å². The van der Waals surface area contributed by atoms with Gasteiger partial charge in [-0.05, 0) is 40.8 Å². The highest BCUT2D eigenvalue weighted by atomic mass is 16.3. The van der Waals surface area contributed by atoms with Crippen molar-refractivity contribution in [1.82, 2.24) is 25.1 Å². The quantitative estimate of drug-likeness (QED) is 0.725. The fourth-order valence-electron chi connectivity index (χ4n) is 1.99. The second-order valence-electron chi connectivity index (χ2n) is 4.55. The van der Waals surface area contributed by atoms with E-state index in [1.807, 2.05) is 12.1 Å². The third-order valence-corrected chi connectivity index (χ3v) is 3.03. The van der Waals surface area contributed by atoms with Crippen molar-refractivity contribution in [1.29, 1.82) is 0 Å². The third kappa shape index (κ3) is 2.81. The molecule has 3 rings (SSSR count). The molecule has 0 saturated carbocycles. The summed E-state index contributed by atoms with van der Waals surface area (Å²) in [6.45, 7) is 0.418. The highest BCUT2D eigenvalue weighted by molar-refractivity contribution is 5.94. The lowest BCUT2D eigenvalue weighted by molar-refractivity contribution is 0.0775. The van der Waals surface area contributed by atoms with Crippen LogP contribution in [0.5, 0.6) is 0 Å². The molecular formula is C14H13N5O2. The van der Waals surface area contributed by atoms with Gasteiger partial charge < -0.3 is 9.32 Å².